The van der Waals surface area contributed by atoms with Gasteiger partial charge in [0.1, 0.15) is 0 Å². The Kier molecular flexibility index (Phi) is 6.22. The van der Waals surface area contributed by atoms with Gasteiger partial charge in [-0.2, -0.15) is 5.53 Å². The number of hydrogen-bond donors (Lipinski definition) is 1. The Labute approximate surface area is 140 Å². The highest BCUT2D eigenvalue weighted by atomic mass is 15.8. The number of nitrogens with zero attached hydrogens (tertiary/aromatic N) is 3. The van der Waals surface area contributed by atoms with E-state index in [0.717, 1.165) is 45.4 Å². The number of nitrogens with one attached hydrogen (secondary N) is 1. The minimum absolute atomic E-state index is 1.12. The Morgan fingerprint density at radius 3 is 2.26 bits per heavy atom. The van der Waals surface area contributed by atoms with Crippen LogP contribution in [0.25, 0.3) is 0 Å². The average Bonchev–Trinajstić information content (AvgIpc) is 3.04. The van der Waals surface area contributed by atoms with E-state index in [1.807, 2.05) is 0 Å². The summed E-state index contributed by atoms with van der Waals surface area (Å²) in [5.74, 6) is 0. The first-order valence-electron chi connectivity index (χ1n) is 8.99. The van der Waals surface area contributed by atoms with Crippen molar-refractivity contribution in [2.24, 2.45) is 0 Å². The summed E-state index contributed by atoms with van der Waals surface area (Å²) in [7, 11) is 0. The molecule has 2 unspecified atom stereocenters. The Balaban J connectivity index is 1.31. The van der Waals surface area contributed by atoms with Crippen molar-refractivity contribution in [2.45, 2.75) is 25.7 Å². The first-order chi connectivity index (χ1) is 11.3. The van der Waals surface area contributed by atoms with Gasteiger partial charge in [-0.05, 0) is 37.8 Å². The van der Waals surface area contributed by atoms with Gasteiger partial charge in [0, 0.05) is 39.3 Å². The standard InChI is InChI=1S/C19H30N4/c1-18(9-10-19-7-3-2-4-8-19)6-5-11-21-12-14-22-16-17-23(20-22)15-13-21/h2-4,7-8,20H,1,5-6,9-17H2. The zero-order chi connectivity index (χ0) is 15.9. The van der Waals surface area contributed by atoms with Crippen LogP contribution in [0.2, 0.25) is 0 Å². The summed E-state index contributed by atoms with van der Waals surface area (Å²) >= 11 is 0. The van der Waals surface area contributed by atoms with Gasteiger partial charge >= 0.3 is 0 Å². The molecule has 2 atom stereocenters. The molecule has 126 valence electrons. The first kappa shape index (κ1) is 16.7. The van der Waals surface area contributed by atoms with Crippen molar-refractivity contribution in [2.75, 3.05) is 45.8 Å². The van der Waals surface area contributed by atoms with Crippen molar-refractivity contribution in [3.8, 4) is 0 Å². The molecule has 1 aromatic carbocycles. The second kappa shape index (κ2) is 8.60. The van der Waals surface area contributed by atoms with Gasteiger partial charge in [0.2, 0.25) is 0 Å². The zero-order valence-corrected chi connectivity index (χ0v) is 14.2. The average molecular weight is 314 g/mol. The van der Waals surface area contributed by atoms with Gasteiger partial charge in [-0.25, -0.2) is 10.0 Å². The van der Waals surface area contributed by atoms with Crippen molar-refractivity contribution in [1.82, 2.24) is 20.5 Å². The topological polar surface area (TPSA) is 21.8 Å². The summed E-state index contributed by atoms with van der Waals surface area (Å²) in [6.45, 7) is 12.4. The number of benzene rings is 1. The third-order valence-electron chi connectivity index (χ3n) is 4.91. The highest BCUT2D eigenvalue weighted by Gasteiger charge is 2.22. The van der Waals surface area contributed by atoms with E-state index >= 15 is 0 Å². The third-order valence-corrected chi connectivity index (χ3v) is 4.91. The molecular formula is C19H30N4. The minimum Gasteiger partial charge on any atom is -0.301 e. The molecule has 2 heterocycles. The van der Waals surface area contributed by atoms with Crippen molar-refractivity contribution in [3.05, 3.63) is 48.0 Å². The molecular weight excluding hydrogens is 284 g/mol. The van der Waals surface area contributed by atoms with Crippen LogP contribution in [0.1, 0.15) is 24.8 Å². The SMILES string of the molecule is C=C(CCCN1CCN2CCN(CC1)N2)CCc1ccccc1. The normalized spacial score (nSPS) is 25.0. The summed E-state index contributed by atoms with van der Waals surface area (Å²) in [5.41, 5.74) is 6.26. The molecule has 4 heteroatoms. The summed E-state index contributed by atoms with van der Waals surface area (Å²) in [6, 6.07) is 10.7. The van der Waals surface area contributed by atoms with Crippen molar-refractivity contribution in [3.63, 3.8) is 0 Å². The number of hydrazine groups is 2. The number of allylic oxidation sites excluding steroid dienone is 1. The van der Waals surface area contributed by atoms with E-state index in [-0.39, 0.29) is 0 Å². The summed E-state index contributed by atoms with van der Waals surface area (Å²) in [5, 5.41) is 4.68. The van der Waals surface area contributed by atoms with Gasteiger partial charge in [0.25, 0.3) is 0 Å². The van der Waals surface area contributed by atoms with Gasteiger partial charge in [-0.1, -0.05) is 42.5 Å². The molecule has 4 nitrogen and oxygen atoms in total. The van der Waals surface area contributed by atoms with Crippen LogP contribution in [0.5, 0.6) is 0 Å². The largest absolute Gasteiger partial charge is 0.301 e. The molecule has 0 saturated carbocycles. The van der Waals surface area contributed by atoms with Crippen molar-refractivity contribution < 1.29 is 0 Å². The molecule has 2 saturated heterocycles. The molecule has 23 heavy (non-hydrogen) atoms. The summed E-state index contributed by atoms with van der Waals surface area (Å²) in [6.07, 6.45) is 4.64. The van der Waals surface area contributed by atoms with Crippen molar-refractivity contribution in [1.29, 1.82) is 0 Å². The second-order valence-electron chi connectivity index (χ2n) is 6.75. The fourth-order valence-electron chi connectivity index (χ4n) is 3.37. The monoisotopic (exact) mass is 314 g/mol. The van der Waals surface area contributed by atoms with Crippen LogP contribution in [0.3, 0.4) is 0 Å². The van der Waals surface area contributed by atoms with E-state index in [2.05, 4.69) is 57.4 Å². The maximum atomic E-state index is 4.28. The maximum Gasteiger partial charge on any atom is 0.0287 e. The van der Waals surface area contributed by atoms with Crippen molar-refractivity contribution >= 4 is 0 Å². The van der Waals surface area contributed by atoms with E-state index in [1.165, 1.54) is 37.2 Å². The molecule has 0 aliphatic carbocycles. The summed E-state index contributed by atoms with van der Waals surface area (Å²) in [4.78, 5) is 2.61. The fraction of sp³-hybridized carbons (Fsp3) is 0.579. The Morgan fingerprint density at radius 2 is 1.57 bits per heavy atom. The molecule has 2 bridgehead atoms. The smallest absolute Gasteiger partial charge is 0.0287 e. The van der Waals surface area contributed by atoms with E-state index < -0.39 is 0 Å². The van der Waals surface area contributed by atoms with Crippen LogP contribution >= 0.6 is 0 Å². The molecule has 0 radical (unpaired) electrons. The van der Waals surface area contributed by atoms with Crippen LogP contribution in [0.4, 0.5) is 0 Å². The Morgan fingerprint density at radius 1 is 0.913 bits per heavy atom. The van der Waals surface area contributed by atoms with E-state index in [1.54, 1.807) is 0 Å². The van der Waals surface area contributed by atoms with E-state index in [0.29, 0.717) is 0 Å². The van der Waals surface area contributed by atoms with Crippen LogP contribution in [-0.2, 0) is 6.42 Å². The fourth-order valence-corrected chi connectivity index (χ4v) is 3.37. The Bertz CT molecular complexity index is 473. The molecule has 0 spiro atoms. The number of aryl methyl sites for hydroxylation is 1. The lowest BCUT2D eigenvalue weighted by Crippen LogP contribution is -2.49. The second-order valence-corrected chi connectivity index (χ2v) is 6.75. The minimum atomic E-state index is 1.12. The molecule has 2 aliphatic heterocycles. The van der Waals surface area contributed by atoms with Crippen LogP contribution in [-0.4, -0.2) is 60.7 Å². The first-order valence-corrected chi connectivity index (χ1v) is 8.99. The predicted molar refractivity (Wildman–Crippen MR) is 95.9 cm³/mol. The third kappa shape index (κ3) is 5.43. The predicted octanol–water partition coefficient (Wildman–Crippen LogP) is 2.31. The number of fused-ring (bicyclic) bond motifs is 2. The Hall–Kier alpha value is -1.20. The zero-order valence-electron chi connectivity index (χ0n) is 14.2. The lowest BCUT2D eigenvalue weighted by Gasteiger charge is -2.30. The summed E-state index contributed by atoms with van der Waals surface area (Å²) < 4.78 is 0. The van der Waals surface area contributed by atoms with E-state index in [9.17, 15) is 0 Å². The number of hydrogen-bond acceptors (Lipinski definition) is 4. The van der Waals surface area contributed by atoms with Crippen LogP contribution in [0.15, 0.2) is 42.5 Å². The van der Waals surface area contributed by atoms with Gasteiger partial charge in [0.15, 0.2) is 0 Å². The molecule has 0 aromatic heterocycles. The van der Waals surface area contributed by atoms with Crippen LogP contribution in [0, 0.1) is 0 Å². The van der Waals surface area contributed by atoms with Crippen LogP contribution < -0.4 is 5.53 Å². The molecule has 1 N–H and O–H groups in total. The molecule has 1 aromatic rings. The maximum absolute atomic E-state index is 4.28. The lowest BCUT2D eigenvalue weighted by atomic mass is 10.0. The quantitative estimate of drug-likeness (QED) is 0.780. The van der Waals surface area contributed by atoms with E-state index in [4.69, 9.17) is 0 Å². The van der Waals surface area contributed by atoms with Gasteiger partial charge in [0.05, 0.1) is 0 Å². The molecule has 3 rings (SSSR count). The van der Waals surface area contributed by atoms with Gasteiger partial charge < -0.3 is 4.90 Å². The molecule has 2 aliphatic rings. The van der Waals surface area contributed by atoms with Gasteiger partial charge in [-0.3, -0.25) is 0 Å². The molecule has 0 amide bonds. The highest BCUT2D eigenvalue weighted by molar-refractivity contribution is 5.16. The highest BCUT2D eigenvalue weighted by Crippen LogP contribution is 2.13. The number of rotatable bonds is 7. The van der Waals surface area contributed by atoms with Gasteiger partial charge in [-0.15, -0.1) is 0 Å². The lowest BCUT2D eigenvalue weighted by molar-refractivity contribution is 0.0694. The molecule has 2 fully saturated rings.